The fourth-order valence-corrected chi connectivity index (χ4v) is 10.3. The highest BCUT2D eigenvalue weighted by atomic mass is 15.2. The Hall–Kier alpha value is -5.02. The van der Waals surface area contributed by atoms with Crippen molar-refractivity contribution in [1.82, 2.24) is 0 Å². The number of hydrogen-bond acceptors (Lipinski definition) is 2. The van der Waals surface area contributed by atoms with E-state index in [0.29, 0.717) is 0 Å². The summed E-state index contributed by atoms with van der Waals surface area (Å²) in [4.78, 5) is 5.17. The number of nitrogens with zero attached hydrogens (tertiary/aromatic N) is 2. The van der Waals surface area contributed by atoms with Gasteiger partial charge in [0.1, 0.15) is 0 Å². The molecular weight excluding hydrogens is 699 g/mol. The van der Waals surface area contributed by atoms with Gasteiger partial charge >= 0.3 is 0 Å². The van der Waals surface area contributed by atoms with Crippen molar-refractivity contribution in [1.29, 1.82) is 0 Å². The first-order valence-corrected chi connectivity index (χ1v) is 21.8. The molecule has 292 valence electrons. The fourth-order valence-electron chi connectivity index (χ4n) is 10.3. The molecule has 2 nitrogen and oxygen atoms in total. The van der Waals surface area contributed by atoms with Crippen molar-refractivity contribution >= 4 is 57.2 Å². The number of rotatable bonds is 4. The first-order chi connectivity index (χ1) is 27.4. The zero-order chi connectivity index (χ0) is 40.7. The van der Waals surface area contributed by atoms with E-state index in [1.165, 1.54) is 113 Å². The molecule has 58 heavy (non-hydrogen) atoms. The zero-order valence-electron chi connectivity index (χ0n) is 36.7. The van der Waals surface area contributed by atoms with Crippen molar-refractivity contribution in [2.75, 3.05) is 9.80 Å². The van der Waals surface area contributed by atoms with Crippen molar-refractivity contribution in [3.8, 4) is 0 Å². The highest BCUT2D eigenvalue weighted by molar-refractivity contribution is 6.99. The summed E-state index contributed by atoms with van der Waals surface area (Å²) < 4.78 is 0. The first-order valence-electron chi connectivity index (χ1n) is 21.8. The summed E-state index contributed by atoms with van der Waals surface area (Å²) in [7, 11) is 0. The number of aryl methyl sites for hydroxylation is 4. The van der Waals surface area contributed by atoms with Gasteiger partial charge in [0, 0.05) is 39.5 Å². The van der Waals surface area contributed by atoms with E-state index in [1.807, 2.05) is 0 Å². The predicted octanol–water partition coefficient (Wildman–Crippen LogP) is 12.2. The van der Waals surface area contributed by atoms with Crippen molar-refractivity contribution in [2.24, 2.45) is 0 Å². The van der Waals surface area contributed by atoms with E-state index < -0.39 is 0 Å². The summed E-state index contributed by atoms with van der Waals surface area (Å²) in [5.41, 5.74) is 24.6. The molecule has 0 spiro atoms. The van der Waals surface area contributed by atoms with Crippen LogP contribution in [-0.4, -0.2) is 6.71 Å². The van der Waals surface area contributed by atoms with Crippen molar-refractivity contribution < 1.29 is 0 Å². The van der Waals surface area contributed by atoms with Gasteiger partial charge in [0.2, 0.25) is 6.71 Å². The standard InChI is InChI=1S/C55H59BN2/c1-52(2,3)38-18-24-41(25-19-38)58-49-27-21-40(54(7,8)9)31-48(49)56-47-30-39(53(4,5)6)20-26-45(47)55(10,11)46-32-44(33-50(58)51(46)56)57(42-22-16-34-12-14-36(34)28-42)43-23-17-35-13-15-37(35)29-43/h16-33H,12-15H2,1-11H3. The molecule has 3 heteroatoms. The van der Waals surface area contributed by atoms with Crippen LogP contribution in [0.1, 0.15) is 126 Å². The molecule has 6 aromatic rings. The average molecular weight is 759 g/mol. The third-order valence-electron chi connectivity index (χ3n) is 14.2. The molecule has 10 rings (SSSR count). The minimum atomic E-state index is -0.240. The third kappa shape index (κ3) is 5.74. The Morgan fingerprint density at radius 1 is 0.466 bits per heavy atom. The molecule has 0 amide bonds. The summed E-state index contributed by atoms with van der Waals surface area (Å²) >= 11 is 0. The second-order valence-corrected chi connectivity index (χ2v) is 21.4. The van der Waals surface area contributed by atoms with Crippen LogP contribution in [-0.2, 0) is 47.3 Å². The van der Waals surface area contributed by atoms with E-state index in [0.717, 1.165) is 12.8 Å². The van der Waals surface area contributed by atoms with Crippen LogP contribution in [0.3, 0.4) is 0 Å². The van der Waals surface area contributed by atoms with Crippen LogP contribution >= 0.6 is 0 Å². The molecule has 2 aliphatic heterocycles. The molecule has 0 N–H and O–H groups in total. The van der Waals surface area contributed by atoms with E-state index in [-0.39, 0.29) is 28.4 Å². The smallest absolute Gasteiger partial charge is 0.247 e. The Labute approximate surface area is 348 Å². The van der Waals surface area contributed by atoms with Crippen LogP contribution in [0.15, 0.2) is 109 Å². The van der Waals surface area contributed by atoms with Crippen molar-refractivity contribution in [3.63, 3.8) is 0 Å². The molecule has 0 bridgehead atoms. The molecule has 0 aromatic heterocycles. The molecule has 0 saturated carbocycles. The van der Waals surface area contributed by atoms with Crippen molar-refractivity contribution in [3.05, 3.63) is 159 Å². The number of hydrogen-bond donors (Lipinski definition) is 0. The molecule has 4 aliphatic rings. The van der Waals surface area contributed by atoms with Crippen LogP contribution in [0.5, 0.6) is 0 Å². The Morgan fingerprint density at radius 3 is 1.50 bits per heavy atom. The average Bonchev–Trinajstić information content (AvgIpc) is 3.13. The number of fused-ring (bicyclic) bond motifs is 6. The van der Waals surface area contributed by atoms with Gasteiger partial charge in [0.15, 0.2) is 0 Å². The van der Waals surface area contributed by atoms with Gasteiger partial charge in [-0.25, -0.2) is 0 Å². The van der Waals surface area contributed by atoms with E-state index in [2.05, 4.69) is 195 Å². The highest BCUT2D eigenvalue weighted by Gasteiger charge is 2.47. The summed E-state index contributed by atoms with van der Waals surface area (Å²) in [6, 6.07) is 43.8. The molecule has 2 aliphatic carbocycles. The molecule has 0 unspecified atom stereocenters. The third-order valence-corrected chi connectivity index (χ3v) is 14.2. The maximum absolute atomic E-state index is 2.61. The maximum Gasteiger partial charge on any atom is 0.247 e. The second-order valence-electron chi connectivity index (χ2n) is 21.4. The Bertz CT molecular complexity index is 2600. The van der Waals surface area contributed by atoms with Gasteiger partial charge < -0.3 is 9.80 Å². The molecule has 0 saturated heterocycles. The topological polar surface area (TPSA) is 6.48 Å². The van der Waals surface area contributed by atoms with Gasteiger partial charge in [-0.15, -0.1) is 0 Å². The number of anilines is 6. The lowest BCUT2D eigenvalue weighted by Crippen LogP contribution is -2.64. The van der Waals surface area contributed by atoms with Crippen LogP contribution in [0, 0.1) is 0 Å². The molecule has 0 radical (unpaired) electrons. The summed E-state index contributed by atoms with van der Waals surface area (Å²) in [5, 5.41) is 0. The quantitative estimate of drug-likeness (QED) is 0.165. The van der Waals surface area contributed by atoms with E-state index >= 15 is 0 Å². The van der Waals surface area contributed by atoms with Gasteiger partial charge in [-0.05, 0) is 158 Å². The minimum Gasteiger partial charge on any atom is -0.311 e. The molecule has 6 aromatic carbocycles. The summed E-state index contributed by atoms with van der Waals surface area (Å²) in [5.74, 6) is 0. The molecular formula is C55H59BN2. The fraction of sp³-hybridized carbons (Fsp3) is 0.345. The summed E-state index contributed by atoms with van der Waals surface area (Å²) in [6.07, 6.45) is 4.68. The monoisotopic (exact) mass is 758 g/mol. The Kier molecular flexibility index (Phi) is 8.03. The Balaban J connectivity index is 1.30. The first kappa shape index (κ1) is 37.3. The lowest BCUT2D eigenvalue weighted by molar-refractivity contribution is 0.588. The van der Waals surface area contributed by atoms with Gasteiger partial charge in [0.05, 0.1) is 0 Å². The van der Waals surface area contributed by atoms with E-state index in [4.69, 9.17) is 0 Å². The van der Waals surface area contributed by atoms with Crippen LogP contribution in [0.25, 0.3) is 0 Å². The predicted molar refractivity (Wildman–Crippen MR) is 250 cm³/mol. The number of benzene rings is 6. The lowest BCUT2D eigenvalue weighted by atomic mass is 9.30. The molecule has 0 atom stereocenters. The van der Waals surface area contributed by atoms with Crippen LogP contribution in [0.2, 0.25) is 0 Å². The van der Waals surface area contributed by atoms with Gasteiger partial charge in [-0.2, -0.15) is 0 Å². The van der Waals surface area contributed by atoms with E-state index in [9.17, 15) is 0 Å². The molecule has 0 fully saturated rings. The van der Waals surface area contributed by atoms with Crippen LogP contribution < -0.4 is 26.2 Å². The van der Waals surface area contributed by atoms with Gasteiger partial charge in [-0.1, -0.05) is 136 Å². The molecule has 2 heterocycles. The maximum atomic E-state index is 2.61. The summed E-state index contributed by atoms with van der Waals surface area (Å²) in [6.45, 7) is 26.1. The normalized spacial score (nSPS) is 16.0. The van der Waals surface area contributed by atoms with E-state index in [1.54, 1.807) is 0 Å². The largest absolute Gasteiger partial charge is 0.311 e. The minimum absolute atomic E-state index is 0.0136. The lowest BCUT2D eigenvalue weighted by Gasteiger charge is -2.47. The van der Waals surface area contributed by atoms with Gasteiger partial charge in [0.25, 0.3) is 0 Å². The Morgan fingerprint density at radius 2 is 0.983 bits per heavy atom. The van der Waals surface area contributed by atoms with Crippen LogP contribution in [0.4, 0.5) is 34.1 Å². The SMILES string of the molecule is CC(C)(C)c1ccc(N2c3ccc(C(C)(C)C)cc3B3c4cc(C(C)(C)C)ccc4C(C)(C)c4cc(N(c5ccc6c(c5)CC6)c5ccc6c(c5)CC6)cc2c43)cc1. The van der Waals surface area contributed by atoms with Gasteiger partial charge in [-0.3, -0.25) is 0 Å². The van der Waals surface area contributed by atoms with Crippen molar-refractivity contribution in [2.45, 2.75) is 124 Å². The zero-order valence-corrected chi connectivity index (χ0v) is 36.7. The highest BCUT2D eigenvalue weighted by Crippen LogP contribution is 2.48. The second kappa shape index (κ2) is 12.5.